The van der Waals surface area contributed by atoms with Gasteiger partial charge >= 0.3 is 0 Å². The van der Waals surface area contributed by atoms with Crippen molar-refractivity contribution >= 4 is 0 Å². The molecule has 0 aromatic heterocycles. The van der Waals surface area contributed by atoms with Crippen LogP contribution in [0.2, 0.25) is 0 Å². The summed E-state index contributed by atoms with van der Waals surface area (Å²) in [6.07, 6.45) is 0.967. The summed E-state index contributed by atoms with van der Waals surface area (Å²) in [5.41, 5.74) is 0.700. The molecule has 1 rings (SSSR count). The predicted octanol–water partition coefficient (Wildman–Crippen LogP) is 0.887. The van der Waals surface area contributed by atoms with Crippen LogP contribution in [0.15, 0.2) is 24.3 Å². The van der Waals surface area contributed by atoms with Crippen LogP contribution in [0.1, 0.15) is 12.0 Å². The van der Waals surface area contributed by atoms with E-state index in [0.717, 1.165) is 19.5 Å². The van der Waals surface area contributed by atoms with Crippen molar-refractivity contribution in [3.63, 3.8) is 0 Å². The van der Waals surface area contributed by atoms with E-state index in [-0.39, 0.29) is 12.4 Å². The van der Waals surface area contributed by atoms with Crippen LogP contribution < -0.4 is 10.6 Å². The number of aliphatic hydroxyl groups is 1. The molecule has 0 spiro atoms. The summed E-state index contributed by atoms with van der Waals surface area (Å²) in [6, 6.07) is 6.78. The molecule has 90 valence electrons. The lowest BCUT2D eigenvalue weighted by molar-refractivity contribution is 0.292. The van der Waals surface area contributed by atoms with E-state index >= 15 is 0 Å². The van der Waals surface area contributed by atoms with Gasteiger partial charge in [-0.25, -0.2) is 4.39 Å². The number of hydrogen-bond acceptors (Lipinski definition) is 3. The molecule has 0 fully saturated rings. The maximum atomic E-state index is 13.2. The lowest BCUT2D eigenvalue weighted by Crippen LogP contribution is -2.24. The van der Waals surface area contributed by atoms with Crippen LogP contribution in [-0.4, -0.2) is 31.3 Å². The third-order valence-corrected chi connectivity index (χ3v) is 2.27. The zero-order chi connectivity index (χ0) is 11.6. The molecule has 0 saturated carbocycles. The van der Waals surface area contributed by atoms with Crippen LogP contribution in [0.4, 0.5) is 4.39 Å². The molecule has 1 aromatic rings. The van der Waals surface area contributed by atoms with Crippen LogP contribution in [0.3, 0.4) is 0 Å². The minimum atomic E-state index is -0.159. The molecule has 0 radical (unpaired) electrons. The monoisotopic (exact) mass is 226 g/mol. The topological polar surface area (TPSA) is 44.3 Å². The van der Waals surface area contributed by atoms with E-state index in [9.17, 15) is 4.39 Å². The molecule has 0 bridgehead atoms. The van der Waals surface area contributed by atoms with Crippen molar-refractivity contribution < 1.29 is 9.50 Å². The van der Waals surface area contributed by atoms with Crippen molar-refractivity contribution in [2.45, 2.75) is 13.0 Å². The first kappa shape index (κ1) is 13.1. The van der Waals surface area contributed by atoms with E-state index in [2.05, 4.69) is 10.6 Å². The third-order valence-electron chi connectivity index (χ3n) is 2.27. The highest BCUT2D eigenvalue weighted by molar-refractivity contribution is 5.16. The van der Waals surface area contributed by atoms with Gasteiger partial charge in [-0.15, -0.1) is 0 Å². The SMILES string of the molecule is OCCNCCCNCc1ccccc1F. The fraction of sp³-hybridized carbons (Fsp3) is 0.500. The van der Waals surface area contributed by atoms with Gasteiger partial charge < -0.3 is 15.7 Å². The third kappa shape index (κ3) is 5.21. The summed E-state index contributed by atoms with van der Waals surface area (Å²) < 4.78 is 13.2. The summed E-state index contributed by atoms with van der Waals surface area (Å²) in [5.74, 6) is -0.159. The Hall–Kier alpha value is -0.970. The lowest BCUT2D eigenvalue weighted by Gasteiger charge is -2.06. The molecule has 16 heavy (non-hydrogen) atoms. The predicted molar refractivity (Wildman–Crippen MR) is 62.7 cm³/mol. The van der Waals surface area contributed by atoms with E-state index in [1.165, 1.54) is 6.07 Å². The summed E-state index contributed by atoms with van der Waals surface area (Å²) in [4.78, 5) is 0. The Morgan fingerprint density at radius 2 is 1.81 bits per heavy atom. The molecule has 0 aliphatic carbocycles. The Morgan fingerprint density at radius 3 is 2.56 bits per heavy atom. The van der Waals surface area contributed by atoms with Gasteiger partial charge in [0.25, 0.3) is 0 Å². The van der Waals surface area contributed by atoms with Crippen molar-refractivity contribution in [2.24, 2.45) is 0 Å². The second-order valence-corrected chi connectivity index (χ2v) is 3.60. The Morgan fingerprint density at radius 1 is 1.06 bits per heavy atom. The number of aliphatic hydroxyl groups excluding tert-OH is 1. The number of benzene rings is 1. The maximum absolute atomic E-state index is 13.2. The highest BCUT2D eigenvalue weighted by atomic mass is 19.1. The van der Waals surface area contributed by atoms with Gasteiger partial charge in [0.05, 0.1) is 6.61 Å². The van der Waals surface area contributed by atoms with Crippen molar-refractivity contribution in [1.82, 2.24) is 10.6 Å². The van der Waals surface area contributed by atoms with E-state index < -0.39 is 0 Å². The van der Waals surface area contributed by atoms with Crippen molar-refractivity contribution in [3.8, 4) is 0 Å². The molecule has 1 aromatic carbocycles. The average molecular weight is 226 g/mol. The summed E-state index contributed by atoms with van der Waals surface area (Å²) >= 11 is 0. The van der Waals surface area contributed by atoms with Gasteiger partial charge in [0.2, 0.25) is 0 Å². The molecule has 0 amide bonds. The summed E-state index contributed by atoms with van der Waals surface area (Å²) in [7, 11) is 0. The largest absolute Gasteiger partial charge is 0.395 e. The van der Waals surface area contributed by atoms with Gasteiger partial charge in [0.1, 0.15) is 5.82 Å². The van der Waals surface area contributed by atoms with Crippen molar-refractivity contribution in [1.29, 1.82) is 0 Å². The van der Waals surface area contributed by atoms with Crippen LogP contribution in [0.25, 0.3) is 0 Å². The highest BCUT2D eigenvalue weighted by Crippen LogP contribution is 2.05. The smallest absolute Gasteiger partial charge is 0.127 e. The van der Waals surface area contributed by atoms with Crippen molar-refractivity contribution in [2.75, 3.05) is 26.2 Å². The summed E-state index contributed by atoms with van der Waals surface area (Å²) in [5, 5.41) is 14.8. The van der Waals surface area contributed by atoms with Gasteiger partial charge in [-0.1, -0.05) is 18.2 Å². The molecule has 3 N–H and O–H groups in total. The fourth-order valence-corrected chi connectivity index (χ4v) is 1.41. The number of nitrogens with one attached hydrogen (secondary N) is 2. The Bertz CT molecular complexity index is 294. The van der Waals surface area contributed by atoms with Crippen LogP contribution in [0.5, 0.6) is 0 Å². The summed E-state index contributed by atoms with van der Waals surface area (Å²) in [6.45, 7) is 3.07. The molecule has 0 aliphatic heterocycles. The molecule has 0 aliphatic rings. The molecule has 0 unspecified atom stereocenters. The molecular formula is C12H19FN2O. The first-order chi connectivity index (χ1) is 7.84. The zero-order valence-corrected chi connectivity index (χ0v) is 9.38. The van der Waals surface area contributed by atoms with Crippen LogP contribution in [-0.2, 0) is 6.54 Å². The Labute approximate surface area is 95.7 Å². The van der Waals surface area contributed by atoms with Gasteiger partial charge in [-0.05, 0) is 25.6 Å². The molecule has 0 heterocycles. The average Bonchev–Trinajstić information content (AvgIpc) is 2.30. The first-order valence-corrected chi connectivity index (χ1v) is 5.60. The lowest BCUT2D eigenvalue weighted by atomic mass is 10.2. The van der Waals surface area contributed by atoms with E-state index in [4.69, 9.17) is 5.11 Å². The second kappa shape index (κ2) is 8.21. The van der Waals surface area contributed by atoms with Gasteiger partial charge in [-0.3, -0.25) is 0 Å². The number of hydrogen-bond donors (Lipinski definition) is 3. The standard InChI is InChI=1S/C12H19FN2O/c13-12-5-2-1-4-11(12)10-15-7-3-6-14-8-9-16/h1-2,4-5,14-16H,3,6-10H2. The van der Waals surface area contributed by atoms with Crippen molar-refractivity contribution in [3.05, 3.63) is 35.6 Å². The fourth-order valence-electron chi connectivity index (χ4n) is 1.41. The maximum Gasteiger partial charge on any atom is 0.127 e. The minimum Gasteiger partial charge on any atom is -0.395 e. The minimum absolute atomic E-state index is 0.159. The zero-order valence-electron chi connectivity index (χ0n) is 9.38. The Balaban J connectivity index is 2.05. The van der Waals surface area contributed by atoms with Crippen LogP contribution in [0, 0.1) is 5.82 Å². The van der Waals surface area contributed by atoms with E-state index in [0.29, 0.717) is 18.7 Å². The van der Waals surface area contributed by atoms with E-state index in [1.54, 1.807) is 12.1 Å². The highest BCUT2D eigenvalue weighted by Gasteiger charge is 1.98. The molecule has 3 nitrogen and oxygen atoms in total. The van der Waals surface area contributed by atoms with Gasteiger partial charge in [0, 0.05) is 18.7 Å². The first-order valence-electron chi connectivity index (χ1n) is 5.60. The second-order valence-electron chi connectivity index (χ2n) is 3.60. The van der Waals surface area contributed by atoms with Crippen LogP contribution >= 0.6 is 0 Å². The number of halogens is 1. The quantitative estimate of drug-likeness (QED) is 0.577. The molecule has 0 atom stereocenters. The Kier molecular flexibility index (Phi) is 6.72. The van der Waals surface area contributed by atoms with Gasteiger partial charge in [-0.2, -0.15) is 0 Å². The number of rotatable bonds is 8. The van der Waals surface area contributed by atoms with Gasteiger partial charge in [0.15, 0.2) is 0 Å². The normalized spacial score (nSPS) is 10.6. The molecule has 4 heteroatoms. The van der Waals surface area contributed by atoms with E-state index in [1.807, 2.05) is 6.07 Å². The molecule has 0 saturated heterocycles. The molecular weight excluding hydrogens is 207 g/mol.